The van der Waals surface area contributed by atoms with Gasteiger partial charge in [0.15, 0.2) is 11.6 Å². The van der Waals surface area contributed by atoms with Crippen molar-refractivity contribution in [2.45, 2.75) is 32.4 Å². The van der Waals surface area contributed by atoms with Gasteiger partial charge in [-0.15, -0.1) is 0 Å². The molecule has 0 saturated carbocycles. The third-order valence-corrected chi connectivity index (χ3v) is 5.05. The third-order valence-electron chi connectivity index (χ3n) is 5.05. The lowest BCUT2D eigenvalue weighted by Gasteiger charge is -2.27. The molecule has 1 atom stereocenters. The van der Waals surface area contributed by atoms with Gasteiger partial charge in [0.1, 0.15) is 23.1 Å². The van der Waals surface area contributed by atoms with E-state index in [0.29, 0.717) is 23.6 Å². The van der Waals surface area contributed by atoms with Crippen molar-refractivity contribution < 1.29 is 27.8 Å². The lowest BCUT2D eigenvalue weighted by molar-refractivity contribution is 0.0646. The van der Waals surface area contributed by atoms with E-state index >= 15 is 0 Å². The predicted octanol–water partition coefficient (Wildman–Crippen LogP) is 4.84. The highest BCUT2D eigenvalue weighted by Gasteiger charge is 2.25. The lowest BCUT2D eigenvalue weighted by atomic mass is 10.0. The van der Waals surface area contributed by atoms with Crippen molar-refractivity contribution in [1.82, 2.24) is 9.97 Å². The largest absolute Gasteiger partial charge is 0.497 e. The van der Waals surface area contributed by atoms with E-state index in [-0.39, 0.29) is 11.8 Å². The molecule has 3 rings (SSSR count). The van der Waals surface area contributed by atoms with Gasteiger partial charge in [0.25, 0.3) is 0 Å². The van der Waals surface area contributed by atoms with Crippen molar-refractivity contribution >= 4 is 29.2 Å². The number of halogens is 3. The zero-order valence-electron chi connectivity index (χ0n) is 18.9. The summed E-state index contributed by atoms with van der Waals surface area (Å²) < 4.78 is 46.8. The SMILES string of the molecule is COc1ccc(N(C(=O)Nc2c(F)cc(F)cc2F)c2ccnc(NC(C)C(C)(C)O)n2)cc1. The van der Waals surface area contributed by atoms with Crippen molar-refractivity contribution in [3.05, 3.63) is 66.1 Å². The van der Waals surface area contributed by atoms with E-state index in [1.54, 1.807) is 45.0 Å². The fourth-order valence-electron chi connectivity index (χ4n) is 2.82. The molecule has 0 spiro atoms. The number of methoxy groups -OCH3 is 1. The van der Waals surface area contributed by atoms with Crippen LogP contribution >= 0.6 is 0 Å². The number of carbonyl (C=O) groups excluding carboxylic acids is 1. The summed E-state index contributed by atoms with van der Waals surface area (Å²) in [7, 11) is 1.48. The maximum Gasteiger partial charge on any atom is 0.332 e. The number of amides is 2. The highest BCUT2D eigenvalue weighted by molar-refractivity contribution is 6.06. The lowest BCUT2D eigenvalue weighted by Crippen LogP contribution is -2.40. The summed E-state index contributed by atoms with van der Waals surface area (Å²) in [5.74, 6) is -2.98. The molecule has 2 amide bonds. The molecule has 0 bridgehead atoms. The Kier molecular flexibility index (Phi) is 7.26. The zero-order valence-corrected chi connectivity index (χ0v) is 18.9. The number of hydrogen-bond acceptors (Lipinski definition) is 6. The topological polar surface area (TPSA) is 99.6 Å². The normalized spacial score (nSPS) is 12.1. The smallest absolute Gasteiger partial charge is 0.332 e. The number of aliphatic hydroxyl groups is 1. The van der Waals surface area contributed by atoms with E-state index in [0.717, 1.165) is 4.90 Å². The first-order chi connectivity index (χ1) is 16.0. The molecule has 3 N–H and O–H groups in total. The number of carbonyl (C=O) groups is 1. The third kappa shape index (κ3) is 5.73. The van der Waals surface area contributed by atoms with Crippen LogP contribution in [0.3, 0.4) is 0 Å². The number of aromatic nitrogens is 2. The summed E-state index contributed by atoms with van der Waals surface area (Å²) in [4.78, 5) is 22.7. The van der Waals surface area contributed by atoms with Gasteiger partial charge < -0.3 is 20.5 Å². The number of hydrogen-bond donors (Lipinski definition) is 3. The van der Waals surface area contributed by atoms with Crippen molar-refractivity contribution in [1.29, 1.82) is 0 Å². The first-order valence-corrected chi connectivity index (χ1v) is 10.2. The molecule has 0 aliphatic rings. The van der Waals surface area contributed by atoms with Gasteiger partial charge in [-0.05, 0) is 45.0 Å². The molecule has 0 aliphatic heterocycles. The average Bonchev–Trinajstić information content (AvgIpc) is 2.76. The van der Waals surface area contributed by atoms with Crippen LogP contribution < -0.4 is 20.3 Å². The molecule has 0 saturated heterocycles. The number of nitrogens with one attached hydrogen (secondary N) is 2. The summed E-state index contributed by atoms with van der Waals surface area (Å²) in [6, 6.07) is 7.19. The van der Waals surface area contributed by atoms with Gasteiger partial charge in [-0.2, -0.15) is 4.98 Å². The Morgan fingerprint density at radius 2 is 1.74 bits per heavy atom. The standard InChI is InChI=1S/C23H24F3N5O3/c1-13(23(2,3)33)28-21-27-10-9-19(29-21)31(15-5-7-16(34-4)8-6-15)22(32)30-20-17(25)11-14(24)12-18(20)26/h5-13,33H,1-4H3,(H,30,32)(H,27,28,29). The fraction of sp³-hybridized carbons (Fsp3) is 0.261. The highest BCUT2D eigenvalue weighted by atomic mass is 19.1. The molecule has 8 nitrogen and oxygen atoms in total. The first kappa shape index (κ1) is 24.8. The van der Waals surface area contributed by atoms with Gasteiger partial charge >= 0.3 is 6.03 Å². The van der Waals surface area contributed by atoms with Crippen LogP contribution in [0.15, 0.2) is 48.7 Å². The molecule has 2 aromatic carbocycles. The molecule has 3 aromatic rings. The van der Waals surface area contributed by atoms with Gasteiger partial charge in [-0.3, -0.25) is 0 Å². The summed E-state index contributed by atoms with van der Waals surface area (Å²) in [6.07, 6.45) is 1.38. The number of urea groups is 1. The Morgan fingerprint density at radius 1 is 1.12 bits per heavy atom. The summed E-state index contributed by atoms with van der Waals surface area (Å²) in [5.41, 5.74) is -1.61. The molecule has 11 heteroatoms. The van der Waals surface area contributed by atoms with Gasteiger partial charge in [-0.25, -0.2) is 27.8 Å². The summed E-state index contributed by atoms with van der Waals surface area (Å²) in [5, 5.41) is 15.3. The molecule has 0 aliphatic carbocycles. The van der Waals surface area contributed by atoms with Crippen LogP contribution in [0.1, 0.15) is 20.8 Å². The number of rotatable bonds is 7. The number of nitrogens with zero attached hydrogens (tertiary/aromatic N) is 3. The number of anilines is 4. The van der Waals surface area contributed by atoms with Gasteiger partial charge in [0.05, 0.1) is 24.4 Å². The van der Waals surface area contributed by atoms with Gasteiger partial charge in [0.2, 0.25) is 5.95 Å². The van der Waals surface area contributed by atoms with Crippen LogP contribution in [-0.4, -0.2) is 39.9 Å². The van der Waals surface area contributed by atoms with Crippen LogP contribution in [0.25, 0.3) is 0 Å². The Hall–Kier alpha value is -3.86. The van der Waals surface area contributed by atoms with E-state index in [1.807, 2.05) is 0 Å². The fourth-order valence-corrected chi connectivity index (χ4v) is 2.82. The highest BCUT2D eigenvalue weighted by Crippen LogP contribution is 2.29. The van der Waals surface area contributed by atoms with Crippen LogP contribution in [0.4, 0.5) is 41.1 Å². The maximum absolute atomic E-state index is 14.2. The monoisotopic (exact) mass is 475 g/mol. The molecule has 34 heavy (non-hydrogen) atoms. The second-order valence-electron chi connectivity index (χ2n) is 7.97. The van der Waals surface area contributed by atoms with E-state index in [9.17, 15) is 23.1 Å². The van der Waals surface area contributed by atoms with Crippen molar-refractivity contribution in [2.75, 3.05) is 22.6 Å². The molecule has 1 unspecified atom stereocenters. The maximum atomic E-state index is 14.2. The second kappa shape index (κ2) is 9.96. The molecule has 0 radical (unpaired) electrons. The predicted molar refractivity (Wildman–Crippen MR) is 122 cm³/mol. The number of ether oxygens (including phenoxy) is 1. The molecule has 180 valence electrons. The van der Waals surface area contributed by atoms with E-state index in [1.165, 1.54) is 19.4 Å². The second-order valence-corrected chi connectivity index (χ2v) is 7.97. The van der Waals surface area contributed by atoms with E-state index < -0.39 is 40.8 Å². The molecule has 1 aromatic heterocycles. The molecular weight excluding hydrogens is 451 g/mol. The van der Waals surface area contributed by atoms with Crippen molar-refractivity contribution in [3.63, 3.8) is 0 Å². The minimum atomic E-state index is -1.27. The molecule has 1 heterocycles. The van der Waals surface area contributed by atoms with Gasteiger partial charge in [-0.1, -0.05) is 0 Å². The minimum absolute atomic E-state index is 0.0611. The Morgan fingerprint density at radius 3 is 2.29 bits per heavy atom. The van der Waals surface area contributed by atoms with E-state index in [2.05, 4.69) is 20.6 Å². The van der Waals surface area contributed by atoms with Crippen LogP contribution in [0.5, 0.6) is 5.75 Å². The minimum Gasteiger partial charge on any atom is -0.497 e. The summed E-state index contributed by atoms with van der Waals surface area (Å²) in [6.45, 7) is 4.94. The van der Waals surface area contributed by atoms with Gasteiger partial charge in [0, 0.05) is 24.4 Å². The van der Waals surface area contributed by atoms with E-state index in [4.69, 9.17) is 4.74 Å². The zero-order chi connectivity index (χ0) is 25.0. The quantitative estimate of drug-likeness (QED) is 0.452. The average molecular weight is 475 g/mol. The van der Waals surface area contributed by atoms with Crippen molar-refractivity contribution in [2.24, 2.45) is 0 Å². The van der Waals surface area contributed by atoms with Crippen LogP contribution in [0, 0.1) is 17.5 Å². The van der Waals surface area contributed by atoms with Crippen molar-refractivity contribution in [3.8, 4) is 5.75 Å². The van der Waals surface area contributed by atoms with Crippen LogP contribution in [0.2, 0.25) is 0 Å². The first-order valence-electron chi connectivity index (χ1n) is 10.2. The Balaban J connectivity index is 2.01. The Bertz CT molecular complexity index is 1150. The molecular formula is C23H24F3N5O3. The summed E-state index contributed by atoms with van der Waals surface area (Å²) >= 11 is 0. The molecule has 0 fully saturated rings. The number of benzene rings is 2. The van der Waals surface area contributed by atoms with Crippen LogP contribution in [-0.2, 0) is 0 Å². The Labute approximate surface area is 194 Å².